The molecule has 0 heterocycles. The summed E-state index contributed by atoms with van der Waals surface area (Å²) in [4.78, 5) is 0.205. The molecule has 0 aliphatic carbocycles. The quantitative estimate of drug-likeness (QED) is 0.824. The van der Waals surface area contributed by atoms with Gasteiger partial charge in [0.1, 0.15) is 0 Å². The summed E-state index contributed by atoms with van der Waals surface area (Å²) < 4.78 is 27.5. The van der Waals surface area contributed by atoms with E-state index in [-0.39, 0.29) is 17.4 Å². The summed E-state index contributed by atoms with van der Waals surface area (Å²) in [7, 11) is -3.64. The second kappa shape index (κ2) is 7.54. The van der Waals surface area contributed by atoms with E-state index in [9.17, 15) is 13.5 Å². The van der Waals surface area contributed by atoms with E-state index in [2.05, 4.69) is 4.72 Å². The average molecular weight is 319 g/mol. The van der Waals surface area contributed by atoms with Crippen LogP contribution in [0, 0.1) is 0 Å². The first-order valence-corrected chi connectivity index (χ1v) is 8.80. The van der Waals surface area contributed by atoms with Gasteiger partial charge in [0.25, 0.3) is 0 Å². The Morgan fingerprint density at radius 1 is 1.00 bits per heavy atom. The van der Waals surface area contributed by atoms with Crippen molar-refractivity contribution in [2.45, 2.75) is 30.2 Å². The summed E-state index contributed by atoms with van der Waals surface area (Å²) in [5.74, 6) is -0.0790. The molecule has 2 aromatic rings. The van der Waals surface area contributed by atoms with Gasteiger partial charge in [-0.1, -0.05) is 55.5 Å². The second-order valence-electron chi connectivity index (χ2n) is 5.15. The van der Waals surface area contributed by atoms with Gasteiger partial charge >= 0.3 is 0 Å². The largest absolute Gasteiger partial charge is 0.395 e. The van der Waals surface area contributed by atoms with Gasteiger partial charge in [0.05, 0.1) is 17.5 Å². The Morgan fingerprint density at radius 2 is 1.55 bits per heavy atom. The molecular formula is C17H21NO3S. The van der Waals surface area contributed by atoms with Crippen LogP contribution < -0.4 is 4.72 Å². The molecular weight excluding hydrogens is 298 g/mol. The molecule has 0 bridgehead atoms. The van der Waals surface area contributed by atoms with Crippen molar-refractivity contribution in [1.29, 1.82) is 0 Å². The summed E-state index contributed by atoms with van der Waals surface area (Å²) in [6, 6.07) is 17.3. The fraction of sp³-hybridized carbons (Fsp3) is 0.294. The highest BCUT2D eigenvalue weighted by Gasteiger charge is 2.26. The summed E-state index contributed by atoms with van der Waals surface area (Å²) in [6.45, 7) is 1.73. The van der Waals surface area contributed by atoms with Gasteiger partial charge in [-0.3, -0.25) is 0 Å². The number of sulfonamides is 1. The van der Waals surface area contributed by atoms with Crippen LogP contribution in [0.15, 0.2) is 65.6 Å². The molecule has 118 valence electrons. The first kappa shape index (κ1) is 16.7. The summed E-state index contributed by atoms with van der Waals surface area (Å²) >= 11 is 0. The van der Waals surface area contributed by atoms with Crippen LogP contribution in [0.2, 0.25) is 0 Å². The summed E-state index contributed by atoms with van der Waals surface area (Å²) in [6.07, 6.45) is 0.729. The van der Waals surface area contributed by atoms with Crippen LogP contribution in [0.4, 0.5) is 0 Å². The first-order valence-electron chi connectivity index (χ1n) is 7.31. The third-order valence-corrected chi connectivity index (χ3v) is 5.22. The van der Waals surface area contributed by atoms with Crippen molar-refractivity contribution < 1.29 is 13.5 Å². The van der Waals surface area contributed by atoms with E-state index < -0.39 is 16.1 Å². The van der Waals surface area contributed by atoms with Crippen LogP contribution in [0.1, 0.15) is 24.8 Å². The van der Waals surface area contributed by atoms with E-state index in [0.29, 0.717) is 0 Å². The topological polar surface area (TPSA) is 66.4 Å². The molecule has 4 nitrogen and oxygen atoms in total. The number of nitrogens with one attached hydrogen (secondary N) is 1. The predicted octanol–water partition coefficient (Wildman–Crippen LogP) is 2.52. The van der Waals surface area contributed by atoms with Gasteiger partial charge in [0, 0.05) is 5.92 Å². The number of rotatable bonds is 7. The lowest BCUT2D eigenvalue weighted by Gasteiger charge is -2.26. The Bertz CT molecular complexity index is 672. The lowest BCUT2D eigenvalue weighted by Crippen LogP contribution is -2.41. The Kier molecular flexibility index (Phi) is 5.71. The first-order chi connectivity index (χ1) is 10.6. The number of hydrogen-bond acceptors (Lipinski definition) is 3. The average Bonchev–Trinajstić information content (AvgIpc) is 2.56. The van der Waals surface area contributed by atoms with E-state index >= 15 is 0 Å². The highest BCUT2D eigenvalue weighted by molar-refractivity contribution is 7.89. The molecule has 0 aliphatic rings. The number of hydrogen-bond donors (Lipinski definition) is 2. The predicted molar refractivity (Wildman–Crippen MR) is 87.1 cm³/mol. The third kappa shape index (κ3) is 3.94. The maximum absolute atomic E-state index is 12.4. The molecule has 22 heavy (non-hydrogen) atoms. The fourth-order valence-corrected chi connectivity index (χ4v) is 3.86. The van der Waals surface area contributed by atoms with Gasteiger partial charge in [0.15, 0.2) is 0 Å². The van der Waals surface area contributed by atoms with Gasteiger partial charge in [-0.2, -0.15) is 0 Å². The minimum Gasteiger partial charge on any atom is -0.395 e. The Labute approximate surface area is 131 Å². The zero-order valence-electron chi connectivity index (χ0n) is 12.5. The molecule has 5 heteroatoms. The number of aliphatic hydroxyl groups excluding tert-OH is 1. The minimum absolute atomic E-state index is 0.0790. The van der Waals surface area contributed by atoms with E-state index in [0.717, 1.165) is 12.0 Å². The zero-order valence-corrected chi connectivity index (χ0v) is 13.3. The van der Waals surface area contributed by atoms with Gasteiger partial charge in [-0.05, 0) is 24.1 Å². The third-order valence-electron chi connectivity index (χ3n) is 3.71. The van der Waals surface area contributed by atoms with E-state index in [1.54, 1.807) is 30.3 Å². The molecule has 0 spiro atoms. The van der Waals surface area contributed by atoms with E-state index in [1.807, 2.05) is 37.3 Å². The van der Waals surface area contributed by atoms with Gasteiger partial charge in [-0.15, -0.1) is 0 Å². The molecule has 0 amide bonds. The molecule has 0 radical (unpaired) electrons. The smallest absolute Gasteiger partial charge is 0.240 e. The highest BCUT2D eigenvalue weighted by Crippen LogP contribution is 2.24. The van der Waals surface area contributed by atoms with Crippen molar-refractivity contribution in [3.8, 4) is 0 Å². The molecule has 0 saturated carbocycles. The SMILES string of the molecule is CC[C@@H](c1ccccc1)[C@@H](CO)NS(=O)(=O)c1ccccc1. The fourth-order valence-electron chi connectivity index (χ4n) is 2.57. The van der Waals surface area contributed by atoms with Crippen molar-refractivity contribution in [2.75, 3.05) is 6.61 Å². The Hall–Kier alpha value is -1.69. The van der Waals surface area contributed by atoms with Gasteiger partial charge < -0.3 is 5.11 Å². The van der Waals surface area contributed by atoms with Crippen molar-refractivity contribution >= 4 is 10.0 Å². The normalized spacial score (nSPS) is 14.5. The number of benzene rings is 2. The van der Waals surface area contributed by atoms with Crippen LogP contribution in [0.5, 0.6) is 0 Å². The van der Waals surface area contributed by atoms with Gasteiger partial charge in [-0.25, -0.2) is 13.1 Å². The van der Waals surface area contributed by atoms with Crippen LogP contribution in [-0.4, -0.2) is 26.2 Å². The standard InChI is InChI=1S/C17H21NO3S/c1-2-16(14-9-5-3-6-10-14)17(13-19)18-22(20,21)15-11-7-4-8-12-15/h3-12,16-19H,2,13H2,1H3/t16-,17+/m0/s1. The van der Waals surface area contributed by atoms with Crippen LogP contribution >= 0.6 is 0 Å². The molecule has 0 saturated heterocycles. The molecule has 2 N–H and O–H groups in total. The Morgan fingerprint density at radius 3 is 2.05 bits per heavy atom. The second-order valence-corrected chi connectivity index (χ2v) is 6.86. The maximum atomic E-state index is 12.4. The molecule has 0 aliphatic heterocycles. The number of aliphatic hydroxyl groups is 1. The lowest BCUT2D eigenvalue weighted by atomic mass is 9.90. The summed E-state index contributed by atoms with van der Waals surface area (Å²) in [5.41, 5.74) is 1.01. The van der Waals surface area contributed by atoms with Crippen molar-refractivity contribution in [2.24, 2.45) is 0 Å². The van der Waals surface area contributed by atoms with E-state index in [1.165, 1.54) is 0 Å². The van der Waals surface area contributed by atoms with Crippen LogP contribution in [-0.2, 0) is 10.0 Å². The Balaban J connectivity index is 2.25. The molecule has 0 unspecified atom stereocenters. The van der Waals surface area contributed by atoms with Crippen LogP contribution in [0.25, 0.3) is 0 Å². The molecule has 0 aromatic heterocycles. The molecule has 2 aromatic carbocycles. The van der Waals surface area contributed by atoms with Crippen LogP contribution in [0.3, 0.4) is 0 Å². The zero-order chi connectivity index (χ0) is 16.0. The molecule has 2 rings (SSSR count). The minimum atomic E-state index is -3.64. The molecule has 2 atom stereocenters. The van der Waals surface area contributed by atoms with Crippen molar-refractivity contribution in [1.82, 2.24) is 4.72 Å². The highest BCUT2D eigenvalue weighted by atomic mass is 32.2. The van der Waals surface area contributed by atoms with Crippen molar-refractivity contribution in [3.63, 3.8) is 0 Å². The maximum Gasteiger partial charge on any atom is 0.240 e. The van der Waals surface area contributed by atoms with E-state index in [4.69, 9.17) is 0 Å². The lowest BCUT2D eigenvalue weighted by molar-refractivity contribution is 0.236. The van der Waals surface area contributed by atoms with Crippen molar-refractivity contribution in [3.05, 3.63) is 66.2 Å². The monoisotopic (exact) mass is 319 g/mol. The van der Waals surface area contributed by atoms with Gasteiger partial charge in [0.2, 0.25) is 10.0 Å². The summed E-state index contributed by atoms with van der Waals surface area (Å²) in [5, 5.41) is 9.67. The molecule has 0 fully saturated rings.